The second-order valence-corrected chi connectivity index (χ2v) is 3.64. The molecule has 0 fully saturated rings. The second kappa shape index (κ2) is 6.16. The Hall–Kier alpha value is -2.88. The summed E-state index contributed by atoms with van der Waals surface area (Å²) < 4.78 is 0. The number of nitriles is 1. The first kappa shape index (κ1) is 14.2. The smallest absolute Gasteiger partial charge is 0.323 e. The van der Waals surface area contributed by atoms with Gasteiger partial charge in [-0.1, -0.05) is 6.08 Å². The Morgan fingerprint density at radius 1 is 1.63 bits per heavy atom. The van der Waals surface area contributed by atoms with Gasteiger partial charge < -0.3 is 10.0 Å². The monoisotopic (exact) mass is 261 g/mol. The molecule has 98 valence electrons. The summed E-state index contributed by atoms with van der Waals surface area (Å²) in [6.45, 7) is 3.19. The molecule has 0 unspecified atom stereocenters. The zero-order chi connectivity index (χ0) is 14.4. The van der Waals surface area contributed by atoms with Crippen molar-refractivity contribution in [1.29, 1.82) is 5.26 Å². The largest absolute Gasteiger partial charge is 0.480 e. The third kappa shape index (κ3) is 3.54. The first-order chi connectivity index (χ1) is 8.99. The number of hydrogen-bond donors (Lipinski definition) is 1. The van der Waals surface area contributed by atoms with Gasteiger partial charge in [-0.3, -0.25) is 14.9 Å². The minimum absolute atomic E-state index is 0.0892. The van der Waals surface area contributed by atoms with Crippen LogP contribution in [0.3, 0.4) is 0 Å². The van der Waals surface area contributed by atoms with Crippen LogP contribution in [-0.2, 0) is 4.79 Å². The molecule has 19 heavy (non-hydrogen) atoms. The molecule has 0 radical (unpaired) electrons. The van der Waals surface area contributed by atoms with Crippen molar-refractivity contribution >= 4 is 17.3 Å². The maximum atomic E-state index is 10.9. The van der Waals surface area contributed by atoms with Crippen LogP contribution >= 0.6 is 0 Å². The molecule has 7 nitrogen and oxygen atoms in total. The van der Waals surface area contributed by atoms with Gasteiger partial charge in [-0.15, -0.1) is 6.58 Å². The highest BCUT2D eigenvalue weighted by atomic mass is 16.6. The molecule has 0 aliphatic heterocycles. The van der Waals surface area contributed by atoms with E-state index >= 15 is 0 Å². The third-order valence-electron chi connectivity index (χ3n) is 2.32. The van der Waals surface area contributed by atoms with Crippen LogP contribution in [0, 0.1) is 21.4 Å². The topological polar surface area (TPSA) is 107 Å². The van der Waals surface area contributed by atoms with E-state index in [1.54, 1.807) is 0 Å². The van der Waals surface area contributed by atoms with Crippen LogP contribution in [0.15, 0.2) is 30.9 Å². The summed E-state index contributed by atoms with van der Waals surface area (Å²) in [7, 11) is 0. The van der Waals surface area contributed by atoms with E-state index in [1.807, 2.05) is 6.07 Å². The van der Waals surface area contributed by atoms with Gasteiger partial charge in [-0.25, -0.2) is 0 Å². The summed E-state index contributed by atoms with van der Waals surface area (Å²) in [4.78, 5) is 22.4. The van der Waals surface area contributed by atoms with Gasteiger partial charge in [-0.05, 0) is 12.1 Å². The molecule has 0 aliphatic rings. The highest BCUT2D eigenvalue weighted by Crippen LogP contribution is 2.29. The van der Waals surface area contributed by atoms with Crippen LogP contribution in [0.5, 0.6) is 0 Å². The average Bonchev–Trinajstić information content (AvgIpc) is 2.36. The molecule has 0 saturated heterocycles. The fraction of sp³-hybridized carbons (Fsp3) is 0.167. The van der Waals surface area contributed by atoms with Crippen molar-refractivity contribution in [2.45, 2.75) is 0 Å². The number of aliphatic carboxylic acids is 1. The number of anilines is 1. The quantitative estimate of drug-likeness (QED) is 0.472. The molecule has 7 heteroatoms. The van der Waals surface area contributed by atoms with E-state index in [2.05, 4.69) is 6.58 Å². The van der Waals surface area contributed by atoms with E-state index in [4.69, 9.17) is 10.4 Å². The minimum Gasteiger partial charge on any atom is -0.480 e. The van der Waals surface area contributed by atoms with Crippen molar-refractivity contribution in [2.75, 3.05) is 18.0 Å². The van der Waals surface area contributed by atoms with Crippen LogP contribution in [0.25, 0.3) is 0 Å². The van der Waals surface area contributed by atoms with Crippen molar-refractivity contribution in [2.24, 2.45) is 0 Å². The van der Waals surface area contributed by atoms with E-state index < -0.39 is 17.4 Å². The lowest BCUT2D eigenvalue weighted by Crippen LogP contribution is -2.30. The van der Waals surface area contributed by atoms with Crippen LogP contribution in [0.4, 0.5) is 11.4 Å². The first-order valence-electron chi connectivity index (χ1n) is 5.25. The summed E-state index contributed by atoms with van der Waals surface area (Å²) in [5.74, 6) is -1.13. The fourth-order valence-corrected chi connectivity index (χ4v) is 1.57. The number of nitrogens with zero attached hydrogens (tertiary/aromatic N) is 3. The standard InChI is InChI=1S/C12H11N3O4/c1-2-5-14(8-12(16)17)11-6-9(7-13)3-4-10(11)15(18)19/h2-4,6H,1,5,8H2,(H,16,17). The molecule has 1 rings (SSSR count). The molecule has 0 aliphatic carbocycles. The SMILES string of the molecule is C=CCN(CC(=O)O)c1cc(C#N)ccc1[N+](=O)[O-]. The summed E-state index contributed by atoms with van der Waals surface area (Å²) >= 11 is 0. The van der Waals surface area contributed by atoms with E-state index in [0.29, 0.717) is 0 Å². The molecule has 0 saturated carbocycles. The average molecular weight is 261 g/mol. The Bertz CT molecular complexity index is 563. The molecule has 0 aromatic heterocycles. The van der Waals surface area contributed by atoms with Crippen molar-refractivity contribution < 1.29 is 14.8 Å². The Kier molecular flexibility index (Phi) is 4.60. The van der Waals surface area contributed by atoms with E-state index in [9.17, 15) is 14.9 Å². The highest BCUT2D eigenvalue weighted by Gasteiger charge is 2.21. The van der Waals surface area contributed by atoms with Crippen molar-refractivity contribution in [3.8, 4) is 6.07 Å². The number of nitro groups is 1. The molecule has 0 spiro atoms. The maximum absolute atomic E-state index is 10.9. The Morgan fingerprint density at radius 3 is 2.79 bits per heavy atom. The molecule has 1 N–H and O–H groups in total. The van der Waals surface area contributed by atoms with Crippen molar-refractivity contribution in [1.82, 2.24) is 0 Å². The lowest BCUT2D eigenvalue weighted by atomic mass is 10.1. The van der Waals surface area contributed by atoms with Gasteiger partial charge in [0, 0.05) is 12.6 Å². The summed E-state index contributed by atoms with van der Waals surface area (Å²) in [6, 6.07) is 5.66. The minimum atomic E-state index is -1.13. The number of benzene rings is 1. The van der Waals surface area contributed by atoms with E-state index in [1.165, 1.54) is 29.2 Å². The number of nitro benzene ring substituents is 1. The lowest BCUT2D eigenvalue weighted by Gasteiger charge is -2.20. The number of rotatable bonds is 6. The third-order valence-corrected chi connectivity index (χ3v) is 2.32. The molecule has 0 amide bonds. The zero-order valence-corrected chi connectivity index (χ0v) is 9.94. The van der Waals surface area contributed by atoms with Gasteiger partial charge in [0.1, 0.15) is 12.2 Å². The summed E-state index contributed by atoms with van der Waals surface area (Å²) in [5, 5.41) is 28.6. The molecule has 1 aromatic carbocycles. The lowest BCUT2D eigenvalue weighted by molar-refractivity contribution is -0.384. The molecular weight excluding hydrogens is 250 g/mol. The van der Waals surface area contributed by atoms with Gasteiger partial charge in [-0.2, -0.15) is 5.26 Å². The second-order valence-electron chi connectivity index (χ2n) is 3.64. The number of carbonyl (C=O) groups is 1. The maximum Gasteiger partial charge on any atom is 0.323 e. The van der Waals surface area contributed by atoms with Crippen molar-refractivity contribution in [3.63, 3.8) is 0 Å². The normalized spacial score (nSPS) is 9.42. The number of hydrogen-bond acceptors (Lipinski definition) is 5. The Labute approximate surface area is 109 Å². The van der Waals surface area contributed by atoms with Gasteiger partial charge in [0.15, 0.2) is 0 Å². The first-order valence-corrected chi connectivity index (χ1v) is 5.25. The Morgan fingerprint density at radius 2 is 2.32 bits per heavy atom. The molecular formula is C12H11N3O4. The molecule has 0 heterocycles. The predicted octanol–water partition coefficient (Wildman–Crippen LogP) is 1.54. The molecule has 0 atom stereocenters. The van der Waals surface area contributed by atoms with Gasteiger partial charge in [0.25, 0.3) is 5.69 Å². The molecule has 0 bridgehead atoms. The number of carboxylic acid groups (broad SMARTS) is 1. The van der Waals surface area contributed by atoms with Gasteiger partial charge in [0.2, 0.25) is 0 Å². The summed E-state index contributed by atoms with van der Waals surface area (Å²) in [6.07, 6.45) is 1.44. The zero-order valence-electron chi connectivity index (χ0n) is 9.94. The van der Waals surface area contributed by atoms with E-state index in [0.717, 1.165) is 0 Å². The van der Waals surface area contributed by atoms with Crippen LogP contribution in [-0.4, -0.2) is 29.1 Å². The predicted molar refractivity (Wildman–Crippen MR) is 67.9 cm³/mol. The Balaban J connectivity index is 3.32. The van der Waals surface area contributed by atoms with Crippen molar-refractivity contribution in [3.05, 3.63) is 46.5 Å². The van der Waals surface area contributed by atoms with Gasteiger partial charge >= 0.3 is 5.97 Å². The molecule has 1 aromatic rings. The van der Waals surface area contributed by atoms with Crippen LogP contribution < -0.4 is 4.90 Å². The summed E-state index contributed by atoms with van der Waals surface area (Å²) in [5.41, 5.74) is 0.0634. The highest BCUT2D eigenvalue weighted by molar-refractivity contribution is 5.77. The van der Waals surface area contributed by atoms with Crippen LogP contribution in [0.1, 0.15) is 5.56 Å². The van der Waals surface area contributed by atoms with Gasteiger partial charge in [0.05, 0.1) is 16.6 Å². The van der Waals surface area contributed by atoms with Crippen LogP contribution in [0.2, 0.25) is 0 Å². The fourth-order valence-electron chi connectivity index (χ4n) is 1.57. The number of carboxylic acids is 1. The van der Waals surface area contributed by atoms with E-state index in [-0.39, 0.29) is 23.5 Å².